The number of nitrogen functional groups attached to an aromatic ring is 1. The monoisotopic (exact) mass is 320 g/mol. The summed E-state index contributed by atoms with van der Waals surface area (Å²) in [7, 11) is 0. The van der Waals surface area contributed by atoms with Gasteiger partial charge in [0.25, 0.3) is 0 Å². The van der Waals surface area contributed by atoms with Crippen LogP contribution in [0.15, 0.2) is 24.5 Å². The average Bonchev–Trinajstić information content (AvgIpc) is 3.28. The molecule has 0 unspecified atom stereocenters. The van der Waals surface area contributed by atoms with Crippen molar-refractivity contribution in [1.29, 1.82) is 0 Å². The fourth-order valence-electron chi connectivity index (χ4n) is 2.50. The summed E-state index contributed by atoms with van der Waals surface area (Å²) in [6.07, 6.45) is 0.0109. The molecule has 0 radical (unpaired) electrons. The first kappa shape index (κ1) is 13.9. The molecule has 1 fully saturated rings. The van der Waals surface area contributed by atoms with Gasteiger partial charge in [-0.3, -0.25) is 9.55 Å². The summed E-state index contributed by atoms with van der Waals surface area (Å²) in [6, 6.07) is 3.34. The van der Waals surface area contributed by atoms with Crippen molar-refractivity contribution in [1.82, 2.24) is 24.5 Å². The van der Waals surface area contributed by atoms with Crippen molar-refractivity contribution in [3.8, 4) is 5.69 Å². The molecule has 0 saturated heterocycles. The number of nitrogens with zero attached hydrogens (tertiary/aromatic N) is 5. The van der Waals surface area contributed by atoms with E-state index in [2.05, 4.69) is 19.9 Å². The first-order valence-electron chi connectivity index (χ1n) is 6.98. The van der Waals surface area contributed by atoms with E-state index in [1.165, 1.54) is 10.8 Å². The second-order valence-electron chi connectivity index (χ2n) is 5.39. The average molecular weight is 320 g/mol. The minimum atomic E-state index is -4.63. The largest absolute Gasteiger partial charge is 0.451 e. The van der Waals surface area contributed by atoms with Gasteiger partial charge >= 0.3 is 6.18 Å². The Hall–Kier alpha value is -2.71. The fraction of sp³-hybridized carbons (Fsp3) is 0.286. The van der Waals surface area contributed by atoms with Crippen LogP contribution in [0.3, 0.4) is 0 Å². The van der Waals surface area contributed by atoms with Crippen LogP contribution in [-0.2, 0) is 6.18 Å². The van der Waals surface area contributed by atoms with Crippen molar-refractivity contribution in [3.63, 3.8) is 0 Å². The maximum absolute atomic E-state index is 13.1. The Morgan fingerprint density at radius 2 is 1.96 bits per heavy atom. The summed E-state index contributed by atoms with van der Waals surface area (Å²) in [5, 5.41) is 0. The number of fused-ring (bicyclic) bond motifs is 1. The number of aromatic nitrogens is 5. The molecule has 1 saturated carbocycles. The maximum atomic E-state index is 13.1. The maximum Gasteiger partial charge on any atom is 0.451 e. The van der Waals surface area contributed by atoms with E-state index in [4.69, 9.17) is 5.73 Å². The molecule has 3 heterocycles. The SMILES string of the molecule is Nc1nc2c(C3CC3)nc(C(F)(F)F)nc2n1-c1cccnc1. The second kappa shape index (κ2) is 4.64. The standard InChI is InChI=1S/C14H11F3N6/c15-14(16,17)12-20-9(7-3-4-7)10-11(22-12)23(13(18)21-10)8-2-1-5-19-6-8/h1-2,5-7H,3-4H2,(H2,18,21). The van der Waals surface area contributed by atoms with Crippen molar-refractivity contribution >= 4 is 17.1 Å². The quantitative estimate of drug-likeness (QED) is 0.785. The highest BCUT2D eigenvalue weighted by molar-refractivity contribution is 5.80. The van der Waals surface area contributed by atoms with Crippen molar-refractivity contribution in [2.45, 2.75) is 24.9 Å². The summed E-state index contributed by atoms with van der Waals surface area (Å²) in [6.45, 7) is 0. The molecular weight excluding hydrogens is 309 g/mol. The van der Waals surface area contributed by atoms with E-state index in [0.717, 1.165) is 12.8 Å². The molecule has 118 valence electrons. The highest BCUT2D eigenvalue weighted by Gasteiger charge is 2.39. The minimum absolute atomic E-state index is 0.0155. The number of imidazole rings is 1. The van der Waals surface area contributed by atoms with Gasteiger partial charge in [-0.2, -0.15) is 13.2 Å². The molecular formula is C14H11F3N6. The predicted octanol–water partition coefficient (Wildman–Crippen LogP) is 2.69. The van der Waals surface area contributed by atoms with E-state index in [-0.39, 0.29) is 17.5 Å². The lowest BCUT2D eigenvalue weighted by Crippen LogP contribution is -2.13. The third-order valence-electron chi connectivity index (χ3n) is 3.68. The van der Waals surface area contributed by atoms with Gasteiger partial charge in [-0.1, -0.05) is 0 Å². The molecule has 1 aliphatic carbocycles. The van der Waals surface area contributed by atoms with Gasteiger partial charge in [0.1, 0.15) is 5.52 Å². The van der Waals surface area contributed by atoms with Gasteiger partial charge in [0, 0.05) is 12.1 Å². The molecule has 3 aromatic rings. The molecule has 0 amide bonds. The fourth-order valence-corrected chi connectivity index (χ4v) is 2.50. The van der Waals surface area contributed by atoms with Crippen LogP contribution in [0.2, 0.25) is 0 Å². The summed E-state index contributed by atoms with van der Waals surface area (Å²) in [4.78, 5) is 15.5. The van der Waals surface area contributed by atoms with E-state index in [9.17, 15) is 13.2 Å². The number of alkyl halides is 3. The van der Waals surface area contributed by atoms with Crippen LogP contribution in [0, 0.1) is 0 Å². The number of nitrogens with two attached hydrogens (primary N) is 1. The Morgan fingerprint density at radius 3 is 2.57 bits per heavy atom. The van der Waals surface area contributed by atoms with Gasteiger partial charge in [0.2, 0.25) is 11.8 Å². The van der Waals surface area contributed by atoms with Crippen molar-refractivity contribution < 1.29 is 13.2 Å². The van der Waals surface area contributed by atoms with E-state index in [1.54, 1.807) is 18.3 Å². The highest BCUT2D eigenvalue weighted by Crippen LogP contribution is 2.43. The lowest BCUT2D eigenvalue weighted by molar-refractivity contribution is -0.144. The lowest BCUT2D eigenvalue weighted by Gasteiger charge is -2.09. The van der Waals surface area contributed by atoms with Crippen molar-refractivity contribution in [2.24, 2.45) is 0 Å². The summed E-state index contributed by atoms with van der Waals surface area (Å²) < 4.78 is 40.7. The second-order valence-corrected chi connectivity index (χ2v) is 5.39. The number of hydrogen-bond donors (Lipinski definition) is 1. The molecule has 2 N–H and O–H groups in total. The van der Waals surface area contributed by atoms with Gasteiger partial charge in [-0.15, -0.1) is 0 Å². The van der Waals surface area contributed by atoms with Crippen LogP contribution in [0.5, 0.6) is 0 Å². The summed E-state index contributed by atoms with van der Waals surface area (Å²) in [5.41, 5.74) is 7.10. The van der Waals surface area contributed by atoms with Gasteiger partial charge in [0.15, 0.2) is 5.65 Å². The number of rotatable bonds is 2. The molecule has 1 aliphatic rings. The van der Waals surface area contributed by atoms with Crippen LogP contribution in [0.25, 0.3) is 16.9 Å². The Kier molecular flexibility index (Phi) is 2.81. The van der Waals surface area contributed by atoms with Crippen molar-refractivity contribution in [2.75, 3.05) is 5.73 Å². The minimum Gasteiger partial charge on any atom is -0.369 e. The molecule has 0 aromatic carbocycles. The lowest BCUT2D eigenvalue weighted by atomic mass is 10.2. The first-order chi connectivity index (χ1) is 10.9. The van der Waals surface area contributed by atoms with Crippen LogP contribution in [-0.4, -0.2) is 24.5 Å². The van der Waals surface area contributed by atoms with E-state index >= 15 is 0 Å². The van der Waals surface area contributed by atoms with Crippen LogP contribution < -0.4 is 5.73 Å². The molecule has 0 atom stereocenters. The van der Waals surface area contributed by atoms with Gasteiger partial charge < -0.3 is 5.73 Å². The third kappa shape index (κ3) is 2.28. The number of pyridine rings is 1. The number of halogens is 3. The third-order valence-corrected chi connectivity index (χ3v) is 3.68. The zero-order chi connectivity index (χ0) is 16.2. The predicted molar refractivity (Wildman–Crippen MR) is 75.8 cm³/mol. The van der Waals surface area contributed by atoms with E-state index in [1.807, 2.05) is 0 Å². The van der Waals surface area contributed by atoms with E-state index < -0.39 is 12.0 Å². The molecule has 0 aliphatic heterocycles. The summed E-state index contributed by atoms with van der Waals surface area (Å²) in [5.74, 6) is -1.13. The highest BCUT2D eigenvalue weighted by atomic mass is 19.4. The van der Waals surface area contributed by atoms with Crippen molar-refractivity contribution in [3.05, 3.63) is 36.0 Å². The van der Waals surface area contributed by atoms with Crippen LogP contribution in [0.4, 0.5) is 19.1 Å². The molecule has 0 spiro atoms. The van der Waals surface area contributed by atoms with Gasteiger partial charge in [0.05, 0.1) is 17.6 Å². The van der Waals surface area contributed by atoms with Gasteiger partial charge in [-0.05, 0) is 25.0 Å². The molecule has 23 heavy (non-hydrogen) atoms. The Morgan fingerprint density at radius 1 is 1.17 bits per heavy atom. The molecule has 9 heteroatoms. The molecule has 6 nitrogen and oxygen atoms in total. The van der Waals surface area contributed by atoms with E-state index in [0.29, 0.717) is 16.9 Å². The first-order valence-corrected chi connectivity index (χ1v) is 6.98. The van der Waals surface area contributed by atoms with Gasteiger partial charge in [-0.25, -0.2) is 15.0 Å². The molecule has 0 bridgehead atoms. The number of hydrogen-bond acceptors (Lipinski definition) is 5. The Labute approximate surface area is 128 Å². The zero-order valence-electron chi connectivity index (χ0n) is 11.7. The Balaban J connectivity index is 2.04. The smallest absolute Gasteiger partial charge is 0.369 e. The topological polar surface area (TPSA) is 82.5 Å². The molecule has 3 aromatic heterocycles. The number of anilines is 1. The Bertz CT molecular complexity index is 883. The molecule has 4 rings (SSSR count). The normalized spacial score (nSPS) is 15.3. The zero-order valence-corrected chi connectivity index (χ0v) is 11.7. The van der Waals surface area contributed by atoms with Crippen LogP contribution in [0.1, 0.15) is 30.3 Å². The summed E-state index contributed by atoms with van der Waals surface area (Å²) >= 11 is 0. The van der Waals surface area contributed by atoms with Crippen LogP contribution >= 0.6 is 0 Å².